The zero-order valence-corrected chi connectivity index (χ0v) is 20.1. The number of carbonyl (C=O) groups excluding carboxylic acids is 1. The van der Waals surface area contributed by atoms with Gasteiger partial charge in [-0.05, 0) is 30.6 Å². The number of carbonyl (C=O) groups is 1. The number of aliphatic hydroxyl groups is 2. The molecule has 5 unspecified atom stereocenters. The van der Waals surface area contributed by atoms with Crippen molar-refractivity contribution in [1.82, 2.24) is 10.3 Å². The van der Waals surface area contributed by atoms with Gasteiger partial charge in [0.25, 0.3) is 0 Å². The Kier molecular flexibility index (Phi) is 7.02. The number of amides is 1. The van der Waals surface area contributed by atoms with E-state index < -0.39 is 21.5 Å². The lowest BCUT2D eigenvalue weighted by Gasteiger charge is -2.58. The molecule has 0 spiro atoms. The summed E-state index contributed by atoms with van der Waals surface area (Å²) in [7, 11) is -1.92. The van der Waals surface area contributed by atoms with E-state index in [4.69, 9.17) is 4.74 Å². The van der Waals surface area contributed by atoms with Gasteiger partial charge in [-0.2, -0.15) is 0 Å². The SMILES string of the molecule is COCCNC(=O)CC1c2nc(NS(C)(=O)=O)sc2CC2C(C)(CO)C(O)CCC12C. The van der Waals surface area contributed by atoms with E-state index in [2.05, 4.69) is 21.9 Å². The van der Waals surface area contributed by atoms with E-state index in [1.54, 1.807) is 7.11 Å². The smallest absolute Gasteiger partial charge is 0.231 e. The van der Waals surface area contributed by atoms with Crippen molar-refractivity contribution in [2.24, 2.45) is 16.7 Å². The summed E-state index contributed by atoms with van der Waals surface area (Å²) >= 11 is 1.27. The summed E-state index contributed by atoms with van der Waals surface area (Å²) in [6.07, 6.45) is 2.42. The average Bonchev–Trinajstić information content (AvgIpc) is 3.07. The van der Waals surface area contributed by atoms with Crippen LogP contribution in [-0.4, -0.2) is 68.8 Å². The Morgan fingerprint density at radius 3 is 2.71 bits per heavy atom. The van der Waals surface area contributed by atoms with Crippen molar-refractivity contribution < 1.29 is 28.2 Å². The minimum absolute atomic E-state index is 0.0791. The van der Waals surface area contributed by atoms with Crippen LogP contribution in [0.4, 0.5) is 5.13 Å². The van der Waals surface area contributed by atoms with E-state index in [1.165, 1.54) is 11.3 Å². The molecule has 1 amide bonds. The number of aliphatic hydroxyl groups excluding tert-OH is 2. The molecule has 1 fully saturated rings. The fraction of sp³-hybridized carbons (Fsp3) is 0.800. The van der Waals surface area contributed by atoms with Gasteiger partial charge in [0.05, 0.1) is 31.3 Å². The summed E-state index contributed by atoms with van der Waals surface area (Å²) < 4.78 is 30.9. The fourth-order valence-corrected chi connectivity index (χ4v) is 7.30. The summed E-state index contributed by atoms with van der Waals surface area (Å²) in [4.78, 5) is 18.2. The van der Waals surface area contributed by atoms with Gasteiger partial charge in [-0.15, -0.1) is 11.3 Å². The quantitative estimate of drug-likeness (QED) is 0.413. The van der Waals surface area contributed by atoms with Gasteiger partial charge < -0.3 is 20.3 Å². The van der Waals surface area contributed by atoms with E-state index in [9.17, 15) is 23.4 Å². The number of thiazole rings is 1. The largest absolute Gasteiger partial charge is 0.396 e. The van der Waals surface area contributed by atoms with Gasteiger partial charge in [-0.3, -0.25) is 9.52 Å². The average molecular weight is 476 g/mol. The molecule has 0 bridgehead atoms. The van der Waals surface area contributed by atoms with Gasteiger partial charge in [-0.25, -0.2) is 13.4 Å². The predicted molar refractivity (Wildman–Crippen MR) is 119 cm³/mol. The summed E-state index contributed by atoms with van der Waals surface area (Å²) in [6.45, 7) is 4.66. The Balaban J connectivity index is 2.02. The first-order valence-corrected chi connectivity index (χ1v) is 13.2. The third-order valence-corrected chi connectivity index (χ3v) is 8.89. The minimum atomic E-state index is -3.48. The summed E-state index contributed by atoms with van der Waals surface area (Å²) in [5.74, 6) is -0.463. The molecule has 1 saturated carbocycles. The zero-order valence-electron chi connectivity index (χ0n) is 18.5. The second-order valence-electron chi connectivity index (χ2n) is 9.28. The Morgan fingerprint density at radius 2 is 2.10 bits per heavy atom. The maximum atomic E-state index is 12.7. The number of anilines is 1. The van der Waals surface area contributed by atoms with Crippen LogP contribution in [0.25, 0.3) is 0 Å². The van der Waals surface area contributed by atoms with Crippen molar-refractivity contribution in [3.63, 3.8) is 0 Å². The van der Waals surface area contributed by atoms with E-state index in [0.29, 0.717) is 32.4 Å². The summed E-state index contributed by atoms with van der Waals surface area (Å²) in [5, 5.41) is 24.1. The van der Waals surface area contributed by atoms with Crippen LogP contribution in [-0.2, 0) is 26.0 Å². The van der Waals surface area contributed by atoms with Crippen LogP contribution < -0.4 is 10.0 Å². The van der Waals surface area contributed by atoms with E-state index in [-0.39, 0.29) is 41.3 Å². The van der Waals surface area contributed by atoms with Crippen LogP contribution in [0.5, 0.6) is 0 Å². The molecule has 0 radical (unpaired) electrons. The van der Waals surface area contributed by atoms with Crippen molar-refractivity contribution in [3.8, 4) is 0 Å². The maximum Gasteiger partial charge on any atom is 0.231 e. The molecule has 176 valence electrons. The Labute approximate surface area is 187 Å². The van der Waals surface area contributed by atoms with Crippen LogP contribution in [0.3, 0.4) is 0 Å². The molecule has 3 rings (SSSR count). The van der Waals surface area contributed by atoms with Crippen molar-refractivity contribution in [2.75, 3.05) is 37.8 Å². The number of methoxy groups -OCH3 is 1. The molecule has 2 aliphatic rings. The van der Waals surface area contributed by atoms with Crippen LogP contribution in [0, 0.1) is 16.7 Å². The molecule has 31 heavy (non-hydrogen) atoms. The first kappa shape index (κ1) is 24.4. The highest BCUT2D eigenvalue weighted by Crippen LogP contribution is 2.62. The van der Waals surface area contributed by atoms with Crippen LogP contribution in [0.15, 0.2) is 0 Å². The number of hydrogen-bond acceptors (Lipinski definition) is 8. The second kappa shape index (κ2) is 8.93. The highest BCUT2D eigenvalue weighted by molar-refractivity contribution is 7.92. The molecule has 2 aliphatic carbocycles. The number of rotatable bonds is 8. The first-order chi connectivity index (χ1) is 14.4. The Morgan fingerprint density at radius 1 is 1.39 bits per heavy atom. The third-order valence-electron chi connectivity index (χ3n) is 7.18. The number of nitrogens with one attached hydrogen (secondary N) is 2. The fourth-order valence-electron chi connectivity index (χ4n) is 5.40. The summed E-state index contributed by atoms with van der Waals surface area (Å²) in [5.41, 5.74) is -0.351. The van der Waals surface area contributed by atoms with Gasteiger partial charge in [0, 0.05) is 36.3 Å². The zero-order chi connectivity index (χ0) is 23.0. The highest BCUT2D eigenvalue weighted by Gasteiger charge is 2.59. The van der Waals surface area contributed by atoms with Crippen LogP contribution in [0.2, 0.25) is 0 Å². The molecule has 1 heterocycles. The number of aromatic nitrogens is 1. The molecule has 9 nitrogen and oxygen atoms in total. The maximum absolute atomic E-state index is 12.7. The van der Waals surface area contributed by atoms with Crippen molar-refractivity contribution in [2.45, 2.75) is 51.6 Å². The summed E-state index contributed by atoms with van der Waals surface area (Å²) in [6, 6.07) is 0. The van der Waals surface area contributed by atoms with Crippen molar-refractivity contribution >= 4 is 32.4 Å². The third kappa shape index (κ3) is 4.75. The van der Waals surface area contributed by atoms with E-state index in [0.717, 1.165) is 16.8 Å². The highest BCUT2D eigenvalue weighted by atomic mass is 32.2. The predicted octanol–water partition coefficient (Wildman–Crippen LogP) is 1.08. The van der Waals surface area contributed by atoms with Crippen LogP contribution in [0.1, 0.15) is 49.6 Å². The molecule has 1 aromatic rings. The lowest BCUT2D eigenvalue weighted by molar-refractivity contribution is -0.144. The molecular weight excluding hydrogens is 442 g/mol. The Hall–Kier alpha value is -1.27. The monoisotopic (exact) mass is 475 g/mol. The van der Waals surface area contributed by atoms with Crippen molar-refractivity contribution in [1.29, 1.82) is 0 Å². The molecule has 0 aliphatic heterocycles. The standard InChI is InChI=1S/C20H33N3O6S2/c1-19-6-5-15(25)20(2,11-24)14(19)10-13-17(22-18(30-13)23-31(4,27)28)12(19)9-16(26)21-7-8-29-3/h12,14-15,24-25H,5-11H2,1-4H3,(H,21,26)(H,22,23). The molecule has 0 saturated heterocycles. The molecular formula is C20H33N3O6S2. The number of hydrogen-bond donors (Lipinski definition) is 4. The lowest BCUT2D eigenvalue weighted by atomic mass is 9.47. The van der Waals surface area contributed by atoms with Gasteiger partial charge >= 0.3 is 0 Å². The lowest BCUT2D eigenvalue weighted by Crippen LogP contribution is -2.57. The van der Waals surface area contributed by atoms with Gasteiger partial charge in [0.2, 0.25) is 15.9 Å². The van der Waals surface area contributed by atoms with E-state index in [1.807, 2.05) is 6.92 Å². The minimum Gasteiger partial charge on any atom is -0.396 e. The second-order valence-corrected chi connectivity index (χ2v) is 12.1. The van der Waals surface area contributed by atoms with Crippen molar-refractivity contribution in [3.05, 3.63) is 10.6 Å². The molecule has 0 aromatic carbocycles. The molecule has 4 N–H and O–H groups in total. The Bertz CT molecular complexity index is 920. The van der Waals surface area contributed by atoms with Gasteiger partial charge in [0.1, 0.15) is 0 Å². The number of fused-ring (bicyclic) bond motifs is 2. The van der Waals surface area contributed by atoms with Gasteiger partial charge in [0.15, 0.2) is 5.13 Å². The molecule has 11 heteroatoms. The molecule has 1 aromatic heterocycles. The number of ether oxygens (including phenoxy) is 1. The molecule has 5 atom stereocenters. The van der Waals surface area contributed by atoms with Gasteiger partial charge in [-0.1, -0.05) is 13.8 Å². The van der Waals surface area contributed by atoms with E-state index >= 15 is 0 Å². The first-order valence-electron chi connectivity index (χ1n) is 10.5. The topological polar surface area (TPSA) is 138 Å². The number of nitrogens with zero attached hydrogens (tertiary/aromatic N) is 1. The normalized spacial score (nSPS) is 32.8. The number of sulfonamides is 1. The van der Waals surface area contributed by atoms with Crippen LogP contribution >= 0.6 is 11.3 Å².